The maximum absolute atomic E-state index is 8.31. The molecule has 0 bridgehead atoms. The Hall–Kier alpha value is -0.845. The van der Waals surface area contributed by atoms with E-state index in [-0.39, 0.29) is 6.67 Å². The Labute approximate surface area is 58.4 Å². The van der Waals surface area contributed by atoms with Crippen molar-refractivity contribution in [1.29, 1.82) is 0 Å². The van der Waals surface area contributed by atoms with Gasteiger partial charge in [0.2, 0.25) is 0 Å². The standard InChI is InChI=1S/C4H7BN2O3/c8-5(9)10-7-3-1-2-6-4-7/h1-3,8-9H,4H2. The first-order chi connectivity index (χ1) is 4.79. The molecule has 10 heavy (non-hydrogen) atoms. The summed E-state index contributed by atoms with van der Waals surface area (Å²) in [4.78, 5) is 3.78. The summed E-state index contributed by atoms with van der Waals surface area (Å²) in [7, 11) is -1.78. The molecule has 0 radical (unpaired) electrons. The van der Waals surface area contributed by atoms with E-state index < -0.39 is 7.32 Å². The molecule has 0 aliphatic carbocycles. The molecule has 0 amide bonds. The van der Waals surface area contributed by atoms with E-state index in [9.17, 15) is 0 Å². The zero-order valence-electron chi connectivity index (χ0n) is 5.21. The van der Waals surface area contributed by atoms with Crippen molar-refractivity contribution in [3.8, 4) is 0 Å². The van der Waals surface area contributed by atoms with Crippen molar-refractivity contribution in [3.63, 3.8) is 0 Å². The van der Waals surface area contributed by atoms with Gasteiger partial charge in [-0.25, -0.2) is 0 Å². The average Bonchev–Trinajstić information content (AvgIpc) is 1.88. The molecule has 0 fully saturated rings. The molecule has 54 valence electrons. The summed E-state index contributed by atoms with van der Waals surface area (Å²) < 4.78 is 4.43. The molecule has 2 N–H and O–H groups in total. The van der Waals surface area contributed by atoms with Crippen molar-refractivity contribution in [2.24, 2.45) is 4.99 Å². The highest BCUT2D eigenvalue weighted by atomic mass is 16.7. The molecule has 0 spiro atoms. The first-order valence-electron chi connectivity index (χ1n) is 2.75. The van der Waals surface area contributed by atoms with Gasteiger partial charge in [-0.05, 0) is 6.08 Å². The van der Waals surface area contributed by atoms with Crippen LogP contribution in [0.15, 0.2) is 17.3 Å². The molecule has 0 aromatic heterocycles. The maximum atomic E-state index is 8.31. The van der Waals surface area contributed by atoms with E-state index in [0.29, 0.717) is 0 Å². The van der Waals surface area contributed by atoms with Crippen LogP contribution in [-0.4, -0.2) is 35.3 Å². The zero-order valence-corrected chi connectivity index (χ0v) is 5.21. The summed E-state index contributed by atoms with van der Waals surface area (Å²) in [6.45, 7) is 0.286. The van der Waals surface area contributed by atoms with Gasteiger partial charge in [0.15, 0.2) is 0 Å². The molecule has 6 heteroatoms. The van der Waals surface area contributed by atoms with Crippen molar-refractivity contribution in [3.05, 3.63) is 12.3 Å². The largest absolute Gasteiger partial charge is 0.656 e. The summed E-state index contributed by atoms with van der Waals surface area (Å²) in [6.07, 6.45) is 4.78. The lowest BCUT2D eigenvalue weighted by atomic mass is 10.3. The SMILES string of the molecule is OB(O)ON1C=CC=NC1. The Morgan fingerprint density at radius 2 is 2.40 bits per heavy atom. The summed E-state index contributed by atoms with van der Waals surface area (Å²) in [5.41, 5.74) is 0. The van der Waals surface area contributed by atoms with Crippen LogP contribution in [0.1, 0.15) is 0 Å². The summed E-state index contributed by atoms with van der Waals surface area (Å²) in [6, 6.07) is 0. The van der Waals surface area contributed by atoms with Crippen molar-refractivity contribution in [1.82, 2.24) is 5.06 Å². The molecule has 0 unspecified atom stereocenters. The number of rotatable bonds is 2. The second-order valence-electron chi connectivity index (χ2n) is 1.66. The molecular weight excluding hydrogens is 135 g/mol. The Kier molecular flexibility index (Phi) is 2.44. The van der Waals surface area contributed by atoms with E-state index in [1.165, 1.54) is 5.06 Å². The van der Waals surface area contributed by atoms with Crippen LogP contribution in [0, 0.1) is 0 Å². The van der Waals surface area contributed by atoms with E-state index in [1.54, 1.807) is 18.5 Å². The van der Waals surface area contributed by atoms with Crippen LogP contribution in [0.25, 0.3) is 0 Å². The fourth-order valence-corrected chi connectivity index (χ4v) is 0.560. The number of hydrogen-bond donors (Lipinski definition) is 2. The Morgan fingerprint density at radius 3 is 2.90 bits per heavy atom. The van der Waals surface area contributed by atoms with Gasteiger partial charge in [-0.15, -0.1) is 0 Å². The monoisotopic (exact) mass is 142 g/mol. The minimum atomic E-state index is -1.78. The van der Waals surface area contributed by atoms with Gasteiger partial charge < -0.3 is 10.0 Å². The van der Waals surface area contributed by atoms with E-state index in [4.69, 9.17) is 10.0 Å². The van der Waals surface area contributed by atoms with Crippen LogP contribution in [0.2, 0.25) is 0 Å². The third-order valence-electron chi connectivity index (χ3n) is 0.895. The molecule has 5 nitrogen and oxygen atoms in total. The lowest BCUT2D eigenvalue weighted by Gasteiger charge is -2.18. The van der Waals surface area contributed by atoms with Crippen LogP contribution in [0.4, 0.5) is 0 Å². The predicted molar refractivity (Wildman–Crippen MR) is 35.6 cm³/mol. The third kappa shape index (κ3) is 2.18. The van der Waals surface area contributed by atoms with Crippen LogP contribution in [0.5, 0.6) is 0 Å². The maximum Gasteiger partial charge on any atom is 0.656 e. The summed E-state index contributed by atoms with van der Waals surface area (Å²) in [5.74, 6) is 0. The van der Waals surface area contributed by atoms with Crippen LogP contribution in [-0.2, 0) is 4.76 Å². The molecule has 0 aromatic rings. The lowest BCUT2D eigenvalue weighted by Crippen LogP contribution is -2.30. The highest BCUT2D eigenvalue weighted by Crippen LogP contribution is 1.95. The lowest BCUT2D eigenvalue weighted by molar-refractivity contribution is -0.0497. The highest BCUT2D eigenvalue weighted by molar-refractivity contribution is 6.32. The van der Waals surface area contributed by atoms with Gasteiger partial charge in [0.05, 0.1) is 0 Å². The second kappa shape index (κ2) is 3.36. The number of hydroxylamine groups is 2. The smallest absolute Gasteiger partial charge is 0.400 e. The predicted octanol–water partition coefficient (Wildman–Crippen LogP) is -1.25. The van der Waals surface area contributed by atoms with E-state index >= 15 is 0 Å². The Balaban J connectivity index is 2.30. The molecule has 0 saturated carbocycles. The molecular formula is C4H7BN2O3. The second-order valence-corrected chi connectivity index (χ2v) is 1.66. The minimum Gasteiger partial charge on any atom is -0.400 e. The number of nitrogens with zero attached hydrogens (tertiary/aromatic N) is 2. The van der Waals surface area contributed by atoms with Crippen LogP contribution < -0.4 is 0 Å². The molecule has 1 aliphatic heterocycles. The number of aliphatic imine (C=N–C) groups is 1. The molecule has 1 aliphatic rings. The molecule has 0 saturated heterocycles. The minimum absolute atomic E-state index is 0.286. The van der Waals surface area contributed by atoms with Gasteiger partial charge in [-0.3, -0.25) is 14.8 Å². The molecule has 1 rings (SSSR count). The van der Waals surface area contributed by atoms with E-state index in [2.05, 4.69) is 9.75 Å². The number of hydrogen-bond acceptors (Lipinski definition) is 5. The fraction of sp³-hybridized carbons (Fsp3) is 0.250. The summed E-state index contributed by atoms with van der Waals surface area (Å²) in [5, 5.41) is 17.8. The average molecular weight is 142 g/mol. The quantitative estimate of drug-likeness (QED) is 0.472. The third-order valence-corrected chi connectivity index (χ3v) is 0.895. The van der Waals surface area contributed by atoms with Gasteiger partial charge in [0, 0.05) is 12.4 Å². The Bertz CT molecular complexity index is 159. The van der Waals surface area contributed by atoms with Crippen molar-refractivity contribution in [2.75, 3.05) is 6.67 Å². The van der Waals surface area contributed by atoms with Gasteiger partial charge in [0.1, 0.15) is 6.67 Å². The molecule has 1 heterocycles. The van der Waals surface area contributed by atoms with Gasteiger partial charge >= 0.3 is 7.32 Å². The van der Waals surface area contributed by atoms with Gasteiger partial charge in [-0.1, -0.05) is 0 Å². The van der Waals surface area contributed by atoms with Crippen molar-refractivity contribution in [2.45, 2.75) is 0 Å². The van der Waals surface area contributed by atoms with Gasteiger partial charge in [0.25, 0.3) is 0 Å². The van der Waals surface area contributed by atoms with E-state index in [1.807, 2.05) is 0 Å². The summed E-state index contributed by atoms with van der Waals surface area (Å²) >= 11 is 0. The van der Waals surface area contributed by atoms with E-state index in [0.717, 1.165) is 0 Å². The fourth-order valence-electron chi connectivity index (χ4n) is 0.560. The van der Waals surface area contributed by atoms with Crippen molar-refractivity contribution < 1.29 is 14.8 Å². The molecule has 0 aromatic carbocycles. The van der Waals surface area contributed by atoms with Gasteiger partial charge in [-0.2, -0.15) is 0 Å². The highest BCUT2D eigenvalue weighted by Gasteiger charge is 2.13. The first-order valence-corrected chi connectivity index (χ1v) is 2.75. The van der Waals surface area contributed by atoms with Crippen molar-refractivity contribution >= 4 is 13.5 Å². The topological polar surface area (TPSA) is 65.3 Å². The number of allylic oxidation sites excluding steroid dienone is 1. The molecule has 0 atom stereocenters. The zero-order chi connectivity index (χ0) is 7.40. The van der Waals surface area contributed by atoms with Crippen LogP contribution >= 0.6 is 0 Å². The normalized spacial score (nSPS) is 16.0. The Morgan fingerprint density at radius 1 is 1.60 bits per heavy atom. The first kappa shape index (κ1) is 7.26. The van der Waals surface area contributed by atoms with Crippen LogP contribution in [0.3, 0.4) is 0 Å².